The van der Waals surface area contributed by atoms with Crippen molar-refractivity contribution in [2.75, 3.05) is 4.90 Å². The Bertz CT molecular complexity index is 1020. The quantitative estimate of drug-likeness (QED) is 0.486. The minimum Gasteiger partial charge on any atom is -0.306 e. The van der Waals surface area contributed by atoms with Crippen LogP contribution in [0.15, 0.2) is 78.9 Å². The molecule has 26 heavy (non-hydrogen) atoms. The van der Waals surface area contributed by atoms with Gasteiger partial charge >= 0.3 is 0 Å². The summed E-state index contributed by atoms with van der Waals surface area (Å²) >= 11 is 0. The van der Waals surface area contributed by atoms with Crippen molar-refractivity contribution in [1.82, 2.24) is 9.97 Å². The highest BCUT2D eigenvalue weighted by molar-refractivity contribution is 5.83. The van der Waals surface area contributed by atoms with E-state index in [0.29, 0.717) is 0 Å². The third-order valence-corrected chi connectivity index (χ3v) is 4.43. The van der Waals surface area contributed by atoms with Crippen LogP contribution in [0.1, 0.15) is 17.0 Å². The summed E-state index contributed by atoms with van der Waals surface area (Å²) in [7, 11) is 0. The van der Waals surface area contributed by atoms with Crippen molar-refractivity contribution in [3.8, 4) is 0 Å². The molecule has 1 heterocycles. The van der Waals surface area contributed by atoms with Crippen molar-refractivity contribution in [3.63, 3.8) is 0 Å². The Balaban J connectivity index is 1.77. The molecule has 0 aliphatic carbocycles. The number of rotatable bonds is 4. The van der Waals surface area contributed by atoms with Gasteiger partial charge in [-0.25, -0.2) is 9.97 Å². The summed E-state index contributed by atoms with van der Waals surface area (Å²) in [6.07, 6.45) is 0. The molecule has 0 spiro atoms. The van der Waals surface area contributed by atoms with E-state index >= 15 is 0 Å². The predicted molar refractivity (Wildman–Crippen MR) is 108 cm³/mol. The lowest BCUT2D eigenvalue weighted by Crippen LogP contribution is -2.19. The van der Waals surface area contributed by atoms with Gasteiger partial charge in [-0.15, -0.1) is 0 Å². The van der Waals surface area contributed by atoms with E-state index in [9.17, 15) is 0 Å². The maximum Gasteiger partial charge on any atom is 0.230 e. The molecule has 0 amide bonds. The number of aromatic nitrogens is 2. The van der Waals surface area contributed by atoms with Crippen LogP contribution in [-0.2, 0) is 6.54 Å². The Hall–Kier alpha value is -3.20. The van der Waals surface area contributed by atoms with Gasteiger partial charge < -0.3 is 4.90 Å². The molecular formula is C23H21N3. The summed E-state index contributed by atoms with van der Waals surface area (Å²) in [4.78, 5) is 11.5. The third kappa shape index (κ3) is 3.42. The molecule has 0 saturated carbocycles. The van der Waals surface area contributed by atoms with Crippen LogP contribution in [0.25, 0.3) is 10.8 Å². The summed E-state index contributed by atoms with van der Waals surface area (Å²) in [5.41, 5.74) is 4.28. The van der Waals surface area contributed by atoms with E-state index in [0.717, 1.165) is 29.6 Å². The molecule has 4 rings (SSSR count). The van der Waals surface area contributed by atoms with Crippen LogP contribution < -0.4 is 4.90 Å². The summed E-state index contributed by atoms with van der Waals surface area (Å²) < 4.78 is 0. The monoisotopic (exact) mass is 339 g/mol. The lowest BCUT2D eigenvalue weighted by atomic mass is 10.1. The molecule has 0 aliphatic heterocycles. The van der Waals surface area contributed by atoms with E-state index in [2.05, 4.69) is 69.5 Å². The van der Waals surface area contributed by atoms with E-state index in [1.807, 2.05) is 38.1 Å². The molecule has 0 aliphatic rings. The van der Waals surface area contributed by atoms with Crippen molar-refractivity contribution in [3.05, 3.63) is 95.8 Å². The van der Waals surface area contributed by atoms with Crippen LogP contribution in [0.4, 0.5) is 11.6 Å². The fraction of sp³-hybridized carbons (Fsp3) is 0.130. The topological polar surface area (TPSA) is 29.0 Å². The van der Waals surface area contributed by atoms with Crippen molar-refractivity contribution < 1.29 is 0 Å². The van der Waals surface area contributed by atoms with Crippen molar-refractivity contribution in [1.29, 1.82) is 0 Å². The van der Waals surface area contributed by atoms with Crippen molar-refractivity contribution >= 4 is 22.4 Å². The summed E-state index contributed by atoms with van der Waals surface area (Å²) in [6.45, 7) is 4.74. The minimum atomic E-state index is 0.720. The number of para-hydroxylation sites is 1. The van der Waals surface area contributed by atoms with Crippen LogP contribution in [0.2, 0.25) is 0 Å². The molecule has 4 aromatic rings. The number of hydrogen-bond donors (Lipinski definition) is 0. The second-order valence-corrected chi connectivity index (χ2v) is 6.55. The van der Waals surface area contributed by atoms with Gasteiger partial charge in [-0.1, -0.05) is 54.6 Å². The summed E-state index contributed by atoms with van der Waals surface area (Å²) in [5, 5.41) is 2.50. The molecule has 1 aromatic heterocycles. The SMILES string of the molecule is Cc1cc(C)nc(N(Cc2ccc3ccccc3c2)c2ccccc2)n1. The maximum atomic E-state index is 4.68. The first-order valence-corrected chi connectivity index (χ1v) is 8.81. The Morgan fingerprint density at radius 1 is 0.692 bits per heavy atom. The van der Waals surface area contributed by atoms with Crippen LogP contribution in [0.5, 0.6) is 0 Å². The van der Waals surface area contributed by atoms with Gasteiger partial charge in [0.25, 0.3) is 0 Å². The Labute approximate surface area is 154 Å². The van der Waals surface area contributed by atoms with Gasteiger partial charge in [0.1, 0.15) is 0 Å². The molecule has 0 bridgehead atoms. The molecule has 128 valence electrons. The molecule has 0 radical (unpaired) electrons. The van der Waals surface area contributed by atoms with E-state index in [1.54, 1.807) is 0 Å². The van der Waals surface area contributed by atoms with E-state index in [-0.39, 0.29) is 0 Å². The lowest BCUT2D eigenvalue weighted by molar-refractivity contribution is 0.892. The number of benzene rings is 3. The lowest BCUT2D eigenvalue weighted by Gasteiger charge is -2.23. The molecule has 0 saturated heterocycles. The number of fused-ring (bicyclic) bond motifs is 1. The highest BCUT2D eigenvalue weighted by Gasteiger charge is 2.14. The molecule has 0 N–H and O–H groups in total. The molecular weight excluding hydrogens is 318 g/mol. The Morgan fingerprint density at radius 2 is 1.35 bits per heavy atom. The zero-order valence-electron chi connectivity index (χ0n) is 15.1. The average Bonchev–Trinajstić information content (AvgIpc) is 2.66. The average molecular weight is 339 g/mol. The second kappa shape index (κ2) is 6.96. The van der Waals surface area contributed by atoms with Crippen LogP contribution in [0.3, 0.4) is 0 Å². The number of aryl methyl sites for hydroxylation is 2. The van der Waals surface area contributed by atoms with Gasteiger partial charge in [0.05, 0.1) is 6.54 Å². The van der Waals surface area contributed by atoms with Gasteiger partial charge in [-0.3, -0.25) is 0 Å². The maximum absolute atomic E-state index is 4.68. The van der Waals surface area contributed by atoms with Crippen LogP contribution in [-0.4, -0.2) is 9.97 Å². The third-order valence-electron chi connectivity index (χ3n) is 4.43. The first-order chi connectivity index (χ1) is 12.7. The Kier molecular flexibility index (Phi) is 4.36. The first kappa shape index (κ1) is 16.3. The van der Waals surface area contributed by atoms with Crippen molar-refractivity contribution in [2.24, 2.45) is 0 Å². The highest BCUT2D eigenvalue weighted by Crippen LogP contribution is 2.26. The molecule has 3 heteroatoms. The van der Waals surface area contributed by atoms with Gasteiger partial charge in [0.2, 0.25) is 5.95 Å². The highest BCUT2D eigenvalue weighted by atomic mass is 15.3. The fourth-order valence-electron chi connectivity index (χ4n) is 3.23. The van der Waals surface area contributed by atoms with Gasteiger partial charge in [0, 0.05) is 17.1 Å². The summed E-state index contributed by atoms with van der Waals surface area (Å²) in [6, 6.07) is 27.4. The second-order valence-electron chi connectivity index (χ2n) is 6.55. The number of anilines is 2. The van der Waals surface area contributed by atoms with Gasteiger partial charge in [-0.05, 0) is 54.4 Å². The fourth-order valence-corrected chi connectivity index (χ4v) is 3.23. The van der Waals surface area contributed by atoms with E-state index in [4.69, 9.17) is 0 Å². The van der Waals surface area contributed by atoms with Gasteiger partial charge in [0.15, 0.2) is 0 Å². The van der Waals surface area contributed by atoms with E-state index < -0.39 is 0 Å². The molecule has 0 fully saturated rings. The van der Waals surface area contributed by atoms with Crippen LogP contribution in [0, 0.1) is 13.8 Å². The van der Waals surface area contributed by atoms with Crippen LogP contribution >= 0.6 is 0 Å². The zero-order chi connectivity index (χ0) is 17.9. The smallest absolute Gasteiger partial charge is 0.230 e. The normalized spacial score (nSPS) is 10.8. The van der Waals surface area contributed by atoms with E-state index in [1.165, 1.54) is 16.3 Å². The minimum absolute atomic E-state index is 0.720. The summed E-state index contributed by atoms with van der Waals surface area (Å²) in [5.74, 6) is 0.738. The molecule has 0 atom stereocenters. The zero-order valence-corrected chi connectivity index (χ0v) is 15.1. The largest absolute Gasteiger partial charge is 0.306 e. The molecule has 0 unspecified atom stereocenters. The molecule has 3 nitrogen and oxygen atoms in total. The predicted octanol–water partition coefficient (Wildman–Crippen LogP) is 5.58. The van der Waals surface area contributed by atoms with Gasteiger partial charge in [-0.2, -0.15) is 0 Å². The molecule has 3 aromatic carbocycles. The standard InChI is InChI=1S/C23H21N3/c1-17-14-18(2)25-23(24-17)26(22-10-4-3-5-11-22)16-19-12-13-20-8-6-7-9-21(20)15-19/h3-15H,16H2,1-2H3. The Morgan fingerprint density at radius 3 is 2.08 bits per heavy atom. The first-order valence-electron chi connectivity index (χ1n) is 8.81. The number of nitrogens with zero attached hydrogens (tertiary/aromatic N) is 3. The number of hydrogen-bond acceptors (Lipinski definition) is 3. The van der Waals surface area contributed by atoms with Crippen molar-refractivity contribution in [2.45, 2.75) is 20.4 Å².